The number of benzene rings is 1. The second-order valence-corrected chi connectivity index (χ2v) is 10.7. The Hall–Kier alpha value is -1.48. The predicted octanol–water partition coefficient (Wildman–Crippen LogP) is 9.64. The maximum absolute atomic E-state index is 3.58. The molecule has 0 spiro atoms. The number of unbranched alkanes of at least 4 members (excludes halogenated alkanes) is 4. The van der Waals surface area contributed by atoms with Gasteiger partial charge >= 0.3 is 0 Å². The van der Waals surface area contributed by atoms with Crippen molar-refractivity contribution in [1.29, 1.82) is 0 Å². The van der Waals surface area contributed by atoms with E-state index in [2.05, 4.69) is 62.1 Å². The highest BCUT2D eigenvalue weighted by molar-refractivity contribution is 5.26. The summed E-state index contributed by atoms with van der Waals surface area (Å²) in [5.74, 6) is 10.1. The first-order chi connectivity index (χ1) is 15.8. The number of hydrogen-bond acceptors (Lipinski definition) is 0. The van der Waals surface area contributed by atoms with Crippen LogP contribution in [-0.2, 0) is 6.42 Å². The summed E-state index contributed by atoms with van der Waals surface area (Å²) in [6.45, 7) is 4.59. The van der Waals surface area contributed by atoms with E-state index in [1.807, 2.05) is 0 Å². The quantitative estimate of drug-likeness (QED) is 0.255. The molecule has 0 aliphatic heterocycles. The van der Waals surface area contributed by atoms with Gasteiger partial charge in [-0.1, -0.05) is 94.6 Å². The first-order valence-corrected chi connectivity index (χ1v) is 14.0. The molecule has 0 atom stereocenters. The summed E-state index contributed by atoms with van der Waals surface area (Å²) in [5, 5.41) is 0. The van der Waals surface area contributed by atoms with Gasteiger partial charge in [0.05, 0.1) is 0 Å². The first-order valence-electron chi connectivity index (χ1n) is 14.0. The lowest BCUT2D eigenvalue weighted by Gasteiger charge is -2.26. The van der Waals surface area contributed by atoms with Crippen LogP contribution < -0.4 is 0 Å². The van der Waals surface area contributed by atoms with Gasteiger partial charge < -0.3 is 0 Å². The fraction of sp³-hybridized carbons (Fsp3) is 0.688. The zero-order valence-corrected chi connectivity index (χ0v) is 21.1. The second kappa shape index (κ2) is 14.6. The highest BCUT2D eigenvalue weighted by Crippen LogP contribution is 2.36. The molecule has 0 radical (unpaired) electrons. The Morgan fingerprint density at radius 1 is 0.781 bits per heavy atom. The van der Waals surface area contributed by atoms with E-state index in [1.165, 1.54) is 108 Å². The Morgan fingerprint density at radius 3 is 2.16 bits per heavy atom. The van der Waals surface area contributed by atoms with Crippen LogP contribution in [0.25, 0.3) is 0 Å². The monoisotopic (exact) mass is 432 g/mol. The summed E-state index contributed by atoms with van der Waals surface area (Å²) < 4.78 is 0. The van der Waals surface area contributed by atoms with E-state index in [4.69, 9.17) is 0 Å². The molecule has 0 N–H and O–H groups in total. The van der Waals surface area contributed by atoms with Gasteiger partial charge in [0.25, 0.3) is 0 Å². The van der Waals surface area contributed by atoms with Gasteiger partial charge in [0.15, 0.2) is 0 Å². The molecule has 0 bridgehead atoms. The molecule has 1 aromatic carbocycles. The van der Waals surface area contributed by atoms with Gasteiger partial charge in [-0.15, -0.1) is 0 Å². The molecule has 0 aromatic heterocycles. The van der Waals surface area contributed by atoms with Crippen LogP contribution in [0.4, 0.5) is 0 Å². The van der Waals surface area contributed by atoms with Crippen molar-refractivity contribution in [3.05, 3.63) is 47.5 Å². The van der Waals surface area contributed by atoms with Crippen molar-refractivity contribution < 1.29 is 0 Å². The van der Waals surface area contributed by atoms with E-state index in [0.717, 1.165) is 17.8 Å². The van der Waals surface area contributed by atoms with Crippen LogP contribution in [0.3, 0.4) is 0 Å². The molecule has 3 rings (SSSR count). The predicted molar refractivity (Wildman–Crippen MR) is 141 cm³/mol. The average Bonchev–Trinajstić information content (AvgIpc) is 2.84. The molecule has 2 aliphatic carbocycles. The van der Waals surface area contributed by atoms with E-state index in [-0.39, 0.29) is 0 Å². The zero-order chi connectivity index (χ0) is 22.4. The molecule has 2 saturated carbocycles. The maximum Gasteiger partial charge on any atom is 0.0206 e. The Kier molecular flexibility index (Phi) is 11.5. The third-order valence-electron chi connectivity index (χ3n) is 8.09. The van der Waals surface area contributed by atoms with Crippen LogP contribution in [0, 0.1) is 29.6 Å². The molecule has 0 saturated heterocycles. The fourth-order valence-electron chi connectivity index (χ4n) is 5.81. The third-order valence-corrected chi connectivity index (χ3v) is 8.09. The topological polar surface area (TPSA) is 0 Å². The van der Waals surface area contributed by atoms with Gasteiger partial charge in [0.2, 0.25) is 0 Å². The number of hydrogen-bond donors (Lipinski definition) is 0. The highest BCUT2D eigenvalue weighted by Gasteiger charge is 2.21. The van der Waals surface area contributed by atoms with E-state index >= 15 is 0 Å². The summed E-state index contributed by atoms with van der Waals surface area (Å²) in [4.78, 5) is 0. The van der Waals surface area contributed by atoms with Crippen LogP contribution in [0.2, 0.25) is 0 Å². The molecule has 32 heavy (non-hydrogen) atoms. The number of aryl methyl sites for hydroxylation is 1. The Labute approximate surface area is 199 Å². The van der Waals surface area contributed by atoms with E-state index < -0.39 is 0 Å². The molecule has 0 nitrogen and oxygen atoms in total. The second-order valence-electron chi connectivity index (χ2n) is 10.7. The normalized spacial score (nSPS) is 26.1. The summed E-state index contributed by atoms with van der Waals surface area (Å²) in [7, 11) is 0. The molecule has 0 amide bonds. The highest BCUT2D eigenvalue weighted by atomic mass is 14.3. The first kappa shape index (κ1) is 25.1. The van der Waals surface area contributed by atoms with Crippen molar-refractivity contribution in [2.45, 2.75) is 122 Å². The van der Waals surface area contributed by atoms with Crippen molar-refractivity contribution in [2.75, 3.05) is 0 Å². The Morgan fingerprint density at radius 2 is 1.47 bits per heavy atom. The standard InChI is InChI=1S/C32H48/c1-3-5-7-11-27-15-17-28(18-16-27)13-9-10-14-30-21-25-32(26-22-30)31-23-19-29(20-24-31)12-8-6-4-2/h9,13,19-20,23-24,27-28,30,32H,3-8,11-12,15-18,21-22,25-26H2,1-2H3/t27-,28-,30-,32-. The van der Waals surface area contributed by atoms with Crippen LogP contribution >= 0.6 is 0 Å². The lowest BCUT2D eigenvalue weighted by Crippen LogP contribution is -2.13. The van der Waals surface area contributed by atoms with Gasteiger partial charge in [-0.25, -0.2) is 0 Å². The van der Waals surface area contributed by atoms with Crippen molar-refractivity contribution >= 4 is 0 Å². The average molecular weight is 433 g/mol. The third kappa shape index (κ3) is 8.81. The van der Waals surface area contributed by atoms with Crippen LogP contribution in [0.5, 0.6) is 0 Å². The zero-order valence-electron chi connectivity index (χ0n) is 21.1. The van der Waals surface area contributed by atoms with Crippen LogP contribution in [-0.4, -0.2) is 0 Å². The van der Waals surface area contributed by atoms with Gasteiger partial charge in [0, 0.05) is 5.92 Å². The molecule has 176 valence electrons. The molecule has 0 heteroatoms. The smallest absolute Gasteiger partial charge is 0.0206 e. The van der Waals surface area contributed by atoms with Crippen molar-refractivity contribution in [2.24, 2.45) is 17.8 Å². The summed E-state index contributed by atoms with van der Waals surface area (Å²) in [6, 6.07) is 9.55. The lowest BCUT2D eigenvalue weighted by molar-refractivity contribution is 0.289. The molecular weight excluding hydrogens is 384 g/mol. The Bertz CT molecular complexity index is 697. The van der Waals surface area contributed by atoms with E-state index in [0.29, 0.717) is 5.92 Å². The molecule has 2 fully saturated rings. The minimum atomic E-state index is 0.610. The summed E-state index contributed by atoms with van der Waals surface area (Å²) in [5.41, 5.74) is 3.07. The Balaban J connectivity index is 1.33. The molecule has 2 aliphatic rings. The number of allylic oxidation sites excluding steroid dienone is 2. The largest absolute Gasteiger partial charge is 0.0951 e. The van der Waals surface area contributed by atoms with Gasteiger partial charge in [-0.2, -0.15) is 0 Å². The SMILES string of the molecule is CCCCCc1ccc([C@H]2CC[C@H](C#CC=C[C@H]3CC[C@H](CCCCC)CC3)CC2)cc1. The minimum absolute atomic E-state index is 0.610. The minimum Gasteiger partial charge on any atom is -0.0951 e. The summed E-state index contributed by atoms with van der Waals surface area (Å²) >= 11 is 0. The van der Waals surface area contributed by atoms with Crippen molar-refractivity contribution in [3.63, 3.8) is 0 Å². The van der Waals surface area contributed by atoms with Crippen molar-refractivity contribution in [3.8, 4) is 11.8 Å². The van der Waals surface area contributed by atoms with Gasteiger partial charge in [0.1, 0.15) is 0 Å². The molecule has 0 heterocycles. The molecule has 1 aromatic rings. The molecule has 0 unspecified atom stereocenters. The lowest BCUT2D eigenvalue weighted by atomic mass is 9.78. The van der Waals surface area contributed by atoms with Gasteiger partial charge in [-0.05, 0) is 99.2 Å². The van der Waals surface area contributed by atoms with Crippen LogP contribution in [0.1, 0.15) is 127 Å². The maximum atomic E-state index is 3.58. The fourth-order valence-corrected chi connectivity index (χ4v) is 5.81. The van der Waals surface area contributed by atoms with E-state index in [9.17, 15) is 0 Å². The number of rotatable bonds is 10. The van der Waals surface area contributed by atoms with Crippen LogP contribution in [0.15, 0.2) is 36.4 Å². The summed E-state index contributed by atoms with van der Waals surface area (Å²) in [6.07, 6.45) is 26.3. The molecular formula is C32H48. The van der Waals surface area contributed by atoms with Crippen molar-refractivity contribution in [1.82, 2.24) is 0 Å². The van der Waals surface area contributed by atoms with E-state index in [1.54, 1.807) is 5.56 Å². The van der Waals surface area contributed by atoms with Gasteiger partial charge in [-0.3, -0.25) is 0 Å².